The van der Waals surface area contributed by atoms with Crippen molar-refractivity contribution in [2.45, 2.75) is 31.9 Å². The van der Waals surface area contributed by atoms with Gasteiger partial charge in [0, 0.05) is 51.7 Å². The molecule has 4 aromatic carbocycles. The highest BCUT2D eigenvalue weighted by atomic mass is 19.4. The summed E-state index contributed by atoms with van der Waals surface area (Å²) >= 11 is 0. The highest BCUT2D eigenvalue weighted by Crippen LogP contribution is 2.45. The molecule has 1 aromatic heterocycles. The molecule has 1 N–H and O–H groups in total. The number of H-pyrrole nitrogens is 1. The number of methoxy groups -OCH3 is 2. The summed E-state index contributed by atoms with van der Waals surface area (Å²) in [6.07, 6.45) is -2.30. The molecule has 0 saturated carbocycles. The van der Waals surface area contributed by atoms with E-state index in [0.717, 1.165) is 5.56 Å². The average Bonchev–Trinajstić information content (AvgIpc) is 3.72. The number of benzene rings is 4. The maximum atomic E-state index is 15.1. The van der Waals surface area contributed by atoms with E-state index in [1.54, 1.807) is 54.6 Å². The molecule has 2 aliphatic carbocycles. The number of fused-ring (bicyclic) bond motifs is 6. The summed E-state index contributed by atoms with van der Waals surface area (Å²) in [5, 5.41) is 0. The molecular formula is C40H29BF7N2O2+. The van der Waals surface area contributed by atoms with Crippen molar-refractivity contribution >= 4 is 18.7 Å². The third kappa shape index (κ3) is 5.61. The molecule has 0 unspecified atom stereocenters. The number of aromatic amines is 1. The summed E-state index contributed by atoms with van der Waals surface area (Å²) in [5.74, 6) is -0.286. The summed E-state index contributed by atoms with van der Waals surface area (Å²) < 4.78 is 116. The van der Waals surface area contributed by atoms with Crippen LogP contribution >= 0.6 is 0 Å². The van der Waals surface area contributed by atoms with Gasteiger partial charge >= 0.3 is 13.6 Å². The van der Waals surface area contributed by atoms with Gasteiger partial charge in [0.15, 0.2) is 5.71 Å². The Morgan fingerprint density at radius 3 is 1.77 bits per heavy atom. The zero-order valence-electron chi connectivity index (χ0n) is 27.9. The minimum atomic E-state index is -5.00. The van der Waals surface area contributed by atoms with Gasteiger partial charge in [-0.15, -0.1) is 0 Å². The summed E-state index contributed by atoms with van der Waals surface area (Å²) in [6, 6.07) is 20.5. The lowest BCUT2D eigenvalue weighted by molar-refractivity contribution is -0.342. The Hall–Kier alpha value is -5.52. The fourth-order valence-electron chi connectivity index (χ4n) is 7.64. The third-order valence-corrected chi connectivity index (χ3v) is 10.1. The van der Waals surface area contributed by atoms with Crippen molar-refractivity contribution in [3.8, 4) is 45.0 Å². The fraction of sp³-hybridized carbons (Fsp3) is 0.175. The van der Waals surface area contributed by atoms with Crippen LogP contribution in [-0.4, -0.2) is 43.0 Å². The number of nitrogens with one attached hydrogen (secondary N) is 1. The average molecular weight is 713 g/mol. The van der Waals surface area contributed by atoms with Gasteiger partial charge in [0.2, 0.25) is 5.70 Å². The number of alkyl halides is 3. The number of ether oxygens (including phenoxy) is 2. The molecule has 5 aromatic rings. The number of allylic oxidation sites excluding steroid dienone is 3. The highest BCUT2D eigenvalue weighted by molar-refractivity contribution is 6.36. The monoisotopic (exact) mass is 713 g/mol. The third-order valence-electron chi connectivity index (χ3n) is 10.1. The van der Waals surface area contributed by atoms with E-state index in [0.29, 0.717) is 85.5 Å². The number of nitrogens with zero attached hydrogens (tertiary/aromatic N) is 1. The zero-order valence-corrected chi connectivity index (χ0v) is 27.9. The van der Waals surface area contributed by atoms with E-state index in [9.17, 15) is 8.78 Å². The Balaban J connectivity index is 1.22. The highest BCUT2D eigenvalue weighted by Gasteiger charge is 2.52. The number of hydrogen-bond acceptors (Lipinski definition) is 2. The van der Waals surface area contributed by atoms with Crippen LogP contribution in [0.2, 0.25) is 0 Å². The van der Waals surface area contributed by atoms with Crippen molar-refractivity contribution in [3.05, 3.63) is 136 Å². The molecule has 0 bridgehead atoms. The van der Waals surface area contributed by atoms with Crippen LogP contribution in [0, 0.1) is 11.6 Å². The van der Waals surface area contributed by atoms with Crippen LogP contribution in [0.15, 0.2) is 96.2 Å². The van der Waals surface area contributed by atoms with E-state index in [1.807, 2.05) is 6.07 Å². The largest absolute Gasteiger partial charge is 0.935 e. The fourth-order valence-corrected chi connectivity index (χ4v) is 7.64. The molecular weight excluding hydrogens is 684 g/mol. The smallest absolute Gasteiger partial charge is 0.497 e. The molecule has 12 heteroatoms. The second-order valence-electron chi connectivity index (χ2n) is 12.9. The van der Waals surface area contributed by atoms with E-state index < -0.39 is 36.5 Å². The van der Waals surface area contributed by atoms with Crippen molar-refractivity contribution in [1.29, 1.82) is 0 Å². The first-order chi connectivity index (χ1) is 24.9. The number of aromatic nitrogens is 1. The molecule has 1 aliphatic heterocycles. The molecule has 4 nitrogen and oxygen atoms in total. The van der Waals surface area contributed by atoms with Gasteiger partial charge in [-0.1, -0.05) is 30.3 Å². The summed E-state index contributed by atoms with van der Waals surface area (Å²) in [5.41, 5.74) is 3.54. The predicted octanol–water partition coefficient (Wildman–Crippen LogP) is 9.99. The first-order valence-corrected chi connectivity index (χ1v) is 16.6. The van der Waals surface area contributed by atoms with Crippen molar-refractivity contribution < 1.29 is 44.5 Å². The van der Waals surface area contributed by atoms with Crippen molar-refractivity contribution in [2.24, 2.45) is 0 Å². The van der Waals surface area contributed by atoms with Crippen molar-refractivity contribution in [3.63, 3.8) is 0 Å². The van der Waals surface area contributed by atoms with Crippen LogP contribution in [0.3, 0.4) is 0 Å². The van der Waals surface area contributed by atoms with E-state index in [4.69, 9.17) is 9.47 Å². The molecule has 0 atom stereocenters. The summed E-state index contributed by atoms with van der Waals surface area (Å²) in [6.45, 7) is 0. The molecule has 8 rings (SSSR count). The zero-order chi connectivity index (χ0) is 36.5. The van der Waals surface area contributed by atoms with E-state index in [2.05, 4.69) is 4.98 Å². The lowest BCUT2D eigenvalue weighted by Crippen LogP contribution is -2.30. The van der Waals surface area contributed by atoms with Crippen LogP contribution in [0.4, 0.5) is 30.6 Å². The molecule has 0 saturated heterocycles. The second-order valence-corrected chi connectivity index (χ2v) is 12.9. The molecule has 2 heterocycles. The Morgan fingerprint density at radius 1 is 0.673 bits per heavy atom. The van der Waals surface area contributed by atoms with E-state index in [1.165, 1.54) is 38.5 Å². The second kappa shape index (κ2) is 12.6. The van der Waals surface area contributed by atoms with Gasteiger partial charge in [0.25, 0.3) is 0 Å². The van der Waals surface area contributed by atoms with Crippen molar-refractivity contribution in [2.75, 3.05) is 14.2 Å². The van der Waals surface area contributed by atoms with Gasteiger partial charge in [-0.3, -0.25) is 0 Å². The number of aryl methyl sites for hydroxylation is 3. The number of hydrogen-bond donors (Lipinski definition) is 1. The van der Waals surface area contributed by atoms with Gasteiger partial charge in [-0.2, -0.15) is 13.2 Å². The minimum absolute atomic E-state index is 0.00899. The van der Waals surface area contributed by atoms with Crippen LogP contribution in [-0.2, 0) is 19.3 Å². The van der Waals surface area contributed by atoms with Crippen LogP contribution in [0.1, 0.15) is 34.4 Å². The molecule has 3 aliphatic rings. The standard InChI is InChI=1S/C40H28BF7N2O2/c1-51-27-9-13-29(33(42)19-27)21-7-11-31-23(15-21)3-5-25-17-35(49-38(25)31)37(40(44,45)46)36-18-26-6-4-24-16-22(30-14-10-28(52-2)20-34(30)43)8-12-32(24)39(26)50(36)41(47)48/h7-20H,3-6H2,1-2H3/p+1. The maximum Gasteiger partial charge on any atom is 0.935 e. The maximum absolute atomic E-state index is 15.1. The molecule has 0 spiro atoms. The molecule has 52 heavy (non-hydrogen) atoms. The molecule has 0 fully saturated rings. The van der Waals surface area contributed by atoms with Gasteiger partial charge < -0.3 is 14.5 Å². The van der Waals surface area contributed by atoms with Crippen LogP contribution in [0.5, 0.6) is 11.5 Å². The normalized spacial score (nSPS) is 15.8. The number of rotatable bonds is 6. The topological polar surface area (TPSA) is 37.3 Å². The van der Waals surface area contributed by atoms with Gasteiger partial charge in [0.1, 0.15) is 28.7 Å². The minimum Gasteiger partial charge on any atom is -0.497 e. The predicted molar refractivity (Wildman–Crippen MR) is 186 cm³/mol. The first kappa shape index (κ1) is 33.6. The number of halogens is 7. The Bertz CT molecular complexity index is 2390. The van der Waals surface area contributed by atoms with Gasteiger partial charge in [0.05, 0.1) is 19.9 Å². The van der Waals surface area contributed by atoms with E-state index >= 15 is 21.8 Å². The first-order valence-electron chi connectivity index (χ1n) is 16.6. The Kier molecular flexibility index (Phi) is 8.15. The lowest BCUT2D eigenvalue weighted by atomic mass is 9.84. The van der Waals surface area contributed by atoms with Gasteiger partial charge in [-0.25, -0.2) is 21.9 Å². The molecule has 262 valence electrons. The Labute approximate surface area is 294 Å². The Morgan fingerprint density at radius 2 is 1.21 bits per heavy atom. The summed E-state index contributed by atoms with van der Waals surface area (Å²) in [7, 11) is -0.423. The summed E-state index contributed by atoms with van der Waals surface area (Å²) in [4.78, 5) is 2.94. The molecule has 0 radical (unpaired) electrons. The SMILES string of the molecule is COc1ccc(-c2ccc3c(c2)CCC2=C/C(=C(/c4cc5c([nH]4)-c4ccc(-c6ccc(OC)cc6F)cc4CC5)C(F)(F)F)[N+](B(F)F)=C23)c(F)c1. The quantitative estimate of drug-likeness (QED) is 0.141. The van der Waals surface area contributed by atoms with Crippen LogP contribution in [0.25, 0.3) is 39.1 Å². The van der Waals surface area contributed by atoms with Crippen LogP contribution < -0.4 is 9.47 Å². The lowest BCUT2D eigenvalue weighted by Gasteiger charge is -2.18. The van der Waals surface area contributed by atoms with E-state index in [-0.39, 0.29) is 23.4 Å². The van der Waals surface area contributed by atoms with Crippen molar-refractivity contribution in [1.82, 2.24) is 4.98 Å². The molecule has 0 amide bonds. The van der Waals surface area contributed by atoms with Gasteiger partial charge in [-0.05, 0) is 89.9 Å².